The number of hydrogen-bond donors (Lipinski definition) is 2. The maximum absolute atomic E-state index is 11.8. The molecule has 2 N–H and O–H groups in total. The highest BCUT2D eigenvalue weighted by Crippen LogP contribution is 2.13. The molecule has 3 aromatic rings. The molecule has 0 aliphatic carbocycles. The van der Waals surface area contributed by atoms with Gasteiger partial charge in [0.15, 0.2) is 0 Å². The van der Waals surface area contributed by atoms with Crippen LogP contribution in [0.4, 0.5) is 0 Å². The predicted octanol–water partition coefficient (Wildman–Crippen LogP) is 1.67. The highest BCUT2D eigenvalue weighted by Gasteiger charge is 2.04. The number of H-pyrrole nitrogens is 1. The number of hydrogen-bond acceptors (Lipinski definition) is 5. The first-order valence-corrected chi connectivity index (χ1v) is 6.78. The van der Waals surface area contributed by atoms with E-state index in [9.17, 15) is 4.79 Å². The molecule has 0 atom stereocenters. The van der Waals surface area contributed by atoms with Crippen LogP contribution in [0.3, 0.4) is 0 Å². The van der Waals surface area contributed by atoms with Gasteiger partial charge in [0.05, 0.1) is 17.8 Å². The van der Waals surface area contributed by atoms with Gasteiger partial charge in [-0.3, -0.25) is 9.78 Å². The maximum Gasteiger partial charge on any atom is 0.268 e. The van der Waals surface area contributed by atoms with E-state index in [1.54, 1.807) is 6.20 Å². The molecule has 3 aromatic heterocycles. The van der Waals surface area contributed by atoms with E-state index in [1.807, 2.05) is 29.6 Å². The molecule has 0 aromatic carbocycles. The van der Waals surface area contributed by atoms with Crippen molar-refractivity contribution in [1.29, 1.82) is 0 Å². The lowest BCUT2D eigenvalue weighted by molar-refractivity contribution is 0.652. The number of rotatable bonds is 4. The van der Waals surface area contributed by atoms with Crippen LogP contribution in [0.5, 0.6) is 0 Å². The second kappa shape index (κ2) is 5.29. The van der Waals surface area contributed by atoms with Crippen molar-refractivity contribution < 1.29 is 0 Å². The molecule has 6 heteroatoms. The van der Waals surface area contributed by atoms with Gasteiger partial charge in [0.2, 0.25) is 0 Å². The minimum absolute atomic E-state index is 0.0744. The molecule has 0 fully saturated rings. The minimum Gasteiger partial charge on any atom is -0.308 e. The van der Waals surface area contributed by atoms with Gasteiger partial charge in [-0.25, -0.2) is 4.98 Å². The molecule has 0 unspecified atom stereocenters. The molecule has 3 heterocycles. The first-order valence-electron chi connectivity index (χ1n) is 5.90. The summed E-state index contributed by atoms with van der Waals surface area (Å²) >= 11 is 1.41. The zero-order valence-electron chi connectivity index (χ0n) is 10.1. The summed E-state index contributed by atoms with van der Waals surface area (Å²) in [6, 6.07) is 7.64. The van der Waals surface area contributed by atoms with Crippen molar-refractivity contribution >= 4 is 21.6 Å². The van der Waals surface area contributed by atoms with Crippen molar-refractivity contribution in [2.75, 3.05) is 0 Å². The van der Waals surface area contributed by atoms with Gasteiger partial charge < -0.3 is 10.3 Å². The van der Waals surface area contributed by atoms with E-state index in [-0.39, 0.29) is 5.56 Å². The third kappa shape index (κ3) is 2.69. The topological polar surface area (TPSA) is 70.7 Å². The van der Waals surface area contributed by atoms with Gasteiger partial charge in [-0.1, -0.05) is 6.07 Å². The Bertz CT molecular complexity index is 735. The van der Waals surface area contributed by atoms with Crippen LogP contribution in [-0.2, 0) is 13.1 Å². The zero-order valence-corrected chi connectivity index (χ0v) is 10.9. The van der Waals surface area contributed by atoms with E-state index in [0.29, 0.717) is 23.6 Å². The van der Waals surface area contributed by atoms with Crippen LogP contribution in [0.15, 0.2) is 40.6 Å². The van der Waals surface area contributed by atoms with Crippen molar-refractivity contribution in [2.24, 2.45) is 0 Å². The fraction of sp³-hybridized carbons (Fsp3) is 0.154. The van der Waals surface area contributed by atoms with Gasteiger partial charge in [-0.2, -0.15) is 0 Å². The first kappa shape index (κ1) is 12.0. The lowest BCUT2D eigenvalue weighted by atomic mass is 10.3. The molecule has 0 amide bonds. The van der Waals surface area contributed by atoms with Gasteiger partial charge in [-0.15, -0.1) is 11.3 Å². The summed E-state index contributed by atoms with van der Waals surface area (Å²) in [6.07, 6.45) is 1.76. The van der Waals surface area contributed by atoms with Crippen LogP contribution in [0.1, 0.15) is 11.5 Å². The van der Waals surface area contributed by atoms with Crippen LogP contribution in [-0.4, -0.2) is 15.0 Å². The number of nitrogens with one attached hydrogen (secondary N) is 2. The largest absolute Gasteiger partial charge is 0.308 e. The minimum atomic E-state index is -0.0744. The molecule has 0 aliphatic heterocycles. The van der Waals surface area contributed by atoms with Crippen molar-refractivity contribution in [3.8, 4) is 0 Å². The summed E-state index contributed by atoms with van der Waals surface area (Å²) in [7, 11) is 0. The molecule has 0 saturated heterocycles. The summed E-state index contributed by atoms with van der Waals surface area (Å²) in [5, 5.41) is 5.08. The highest BCUT2D eigenvalue weighted by molar-refractivity contribution is 7.17. The summed E-state index contributed by atoms with van der Waals surface area (Å²) in [4.78, 5) is 23.2. The quantitative estimate of drug-likeness (QED) is 0.758. The van der Waals surface area contributed by atoms with Crippen molar-refractivity contribution in [2.45, 2.75) is 13.1 Å². The smallest absolute Gasteiger partial charge is 0.268 e. The van der Waals surface area contributed by atoms with Gasteiger partial charge in [0, 0.05) is 12.7 Å². The van der Waals surface area contributed by atoms with Crippen LogP contribution < -0.4 is 10.9 Å². The van der Waals surface area contributed by atoms with E-state index >= 15 is 0 Å². The molecule has 3 rings (SSSR count). The highest BCUT2D eigenvalue weighted by atomic mass is 32.1. The second-order valence-electron chi connectivity index (χ2n) is 4.07. The molecule has 19 heavy (non-hydrogen) atoms. The second-order valence-corrected chi connectivity index (χ2v) is 4.99. The van der Waals surface area contributed by atoms with E-state index < -0.39 is 0 Å². The van der Waals surface area contributed by atoms with Gasteiger partial charge in [-0.05, 0) is 23.6 Å². The standard InChI is InChI=1S/C13H12N4OS/c18-13-12-10(4-6-19-12)16-11(17-13)8-14-7-9-3-1-2-5-15-9/h1-6,14H,7-8H2,(H,16,17,18). The Morgan fingerprint density at radius 2 is 2.21 bits per heavy atom. The predicted molar refractivity (Wildman–Crippen MR) is 75.0 cm³/mol. The fourth-order valence-corrected chi connectivity index (χ4v) is 2.54. The molecule has 0 aliphatic rings. The average molecular weight is 272 g/mol. The molecule has 0 radical (unpaired) electrons. The number of nitrogens with zero attached hydrogens (tertiary/aromatic N) is 2. The number of fused-ring (bicyclic) bond motifs is 1. The van der Waals surface area contributed by atoms with Gasteiger partial charge in [0.1, 0.15) is 10.5 Å². The molecule has 5 nitrogen and oxygen atoms in total. The Hall–Kier alpha value is -2.05. The number of pyridine rings is 1. The van der Waals surface area contributed by atoms with E-state index in [4.69, 9.17) is 0 Å². The normalized spacial score (nSPS) is 10.9. The average Bonchev–Trinajstić information content (AvgIpc) is 2.89. The molecule has 96 valence electrons. The Balaban J connectivity index is 1.70. The monoisotopic (exact) mass is 272 g/mol. The number of aromatic amines is 1. The summed E-state index contributed by atoms with van der Waals surface area (Å²) in [5.74, 6) is 0.645. The molecule has 0 spiro atoms. The summed E-state index contributed by atoms with van der Waals surface area (Å²) < 4.78 is 0.675. The molecule has 0 bridgehead atoms. The maximum atomic E-state index is 11.8. The van der Waals surface area contributed by atoms with Crippen LogP contribution in [0.2, 0.25) is 0 Å². The SMILES string of the molecule is O=c1[nH]c(CNCc2ccccn2)nc2ccsc12. The molecular weight excluding hydrogens is 260 g/mol. The Kier molecular flexibility index (Phi) is 3.35. The molecular formula is C13H12N4OS. The Morgan fingerprint density at radius 3 is 3.05 bits per heavy atom. The third-order valence-corrected chi connectivity index (χ3v) is 3.59. The number of aromatic nitrogens is 3. The third-order valence-electron chi connectivity index (χ3n) is 2.69. The van der Waals surface area contributed by atoms with Crippen molar-refractivity contribution in [1.82, 2.24) is 20.3 Å². The van der Waals surface area contributed by atoms with Crippen LogP contribution in [0, 0.1) is 0 Å². The van der Waals surface area contributed by atoms with Crippen molar-refractivity contribution in [3.05, 3.63) is 57.7 Å². The lowest BCUT2D eigenvalue weighted by Crippen LogP contribution is -2.19. The fourth-order valence-electron chi connectivity index (χ4n) is 1.82. The van der Waals surface area contributed by atoms with Gasteiger partial charge in [0.25, 0.3) is 5.56 Å². The van der Waals surface area contributed by atoms with Crippen molar-refractivity contribution in [3.63, 3.8) is 0 Å². The zero-order chi connectivity index (χ0) is 13.1. The van der Waals surface area contributed by atoms with E-state index in [2.05, 4.69) is 20.3 Å². The number of thiophene rings is 1. The molecule has 0 saturated carbocycles. The summed E-state index contributed by atoms with van der Waals surface area (Å²) in [6.45, 7) is 1.16. The van der Waals surface area contributed by atoms with Gasteiger partial charge >= 0.3 is 0 Å². The van der Waals surface area contributed by atoms with Crippen LogP contribution in [0.25, 0.3) is 10.2 Å². The lowest BCUT2D eigenvalue weighted by Gasteiger charge is -2.03. The Labute approximate surface area is 113 Å². The van der Waals surface area contributed by atoms with E-state index in [1.165, 1.54) is 11.3 Å². The first-order chi connectivity index (χ1) is 9.33. The summed E-state index contributed by atoms with van der Waals surface area (Å²) in [5.41, 5.74) is 1.64. The van der Waals surface area contributed by atoms with Crippen LogP contribution >= 0.6 is 11.3 Å². The van der Waals surface area contributed by atoms with E-state index in [0.717, 1.165) is 11.2 Å². The Morgan fingerprint density at radius 1 is 1.26 bits per heavy atom.